The molecule has 1 N–H and O–H groups in total. The number of nitrogens with zero attached hydrogens (tertiary/aromatic N) is 6. The molecule has 8 heteroatoms. The van der Waals surface area contributed by atoms with Crippen molar-refractivity contribution in [2.45, 2.75) is 19.4 Å². The summed E-state index contributed by atoms with van der Waals surface area (Å²) in [6.45, 7) is 2.34. The Kier molecular flexibility index (Phi) is 4.55. The first-order valence-electron chi connectivity index (χ1n) is 8.60. The van der Waals surface area contributed by atoms with Crippen molar-refractivity contribution in [3.8, 4) is 5.82 Å². The minimum Gasteiger partial charge on any atom is -0.355 e. The van der Waals surface area contributed by atoms with Crippen molar-refractivity contribution in [1.29, 1.82) is 0 Å². The molecule has 26 heavy (non-hydrogen) atoms. The van der Waals surface area contributed by atoms with Gasteiger partial charge in [0.15, 0.2) is 11.5 Å². The summed E-state index contributed by atoms with van der Waals surface area (Å²) in [5.74, 6) is 1.31. The number of amides is 1. The molecule has 0 bridgehead atoms. The Morgan fingerprint density at radius 1 is 1.12 bits per heavy atom. The number of imidazole rings is 1. The zero-order valence-electron chi connectivity index (χ0n) is 14.2. The Labute approximate surface area is 150 Å². The number of hydrogen-bond donors (Lipinski definition) is 1. The largest absolute Gasteiger partial charge is 0.355 e. The van der Waals surface area contributed by atoms with Crippen LogP contribution in [0.2, 0.25) is 0 Å². The van der Waals surface area contributed by atoms with E-state index >= 15 is 0 Å². The van der Waals surface area contributed by atoms with E-state index in [0.717, 1.165) is 30.3 Å². The molecule has 0 saturated carbocycles. The summed E-state index contributed by atoms with van der Waals surface area (Å²) in [6, 6.07) is 7.33. The lowest BCUT2D eigenvalue weighted by Gasteiger charge is -2.15. The Morgan fingerprint density at radius 3 is 2.73 bits per heavy atom. The second kappa shape index (κ2) is 7.30. The van der Waals surface area contributed by atoms with Gasteiger partial charge in [-0.25, -0.2) is 9.97 Å². The standard InChI is InChI=1S/C18H19N7O/c26-18(15-5-6-16(23-22-15)24-9-1-2-10-24)21-12-14-4-3-7-20-17(14)25-11-8-19-13-25/h3-8,11,13H,1-2,9-10,12H2,(H,21,26). The van der Waals surface area contributed by atoms with Gasteiger partial charge >= 0.3 is 0 Å². The monoisotopic (exact) mass is 349 g/mol. The Bertz CT molecular complexity index is 871. The maximum absolute atomic E-state index is 12.4. The highest BCUT2D eigenvalue weighted by atomic mass is 16.1. The summed E-state index contributed by atoms with van der Waals surface area (Å²) in [6.07, 6.45) is 9.24. The van der Waals surface area contributed by atoms with Gasteiger partial charge in [-0.15, -0.1) is 10.2 Å². The number of carbonyl (C=O) groups is 1. The van der Waals surface area contributed by atoms with E-state index in [-0.39, 0.29) is 5.91 Å². The number of hydrogen-bond acceptors (Lipinski definition) is 6. The van der Waals surface area contributed by atoms with E-state index in [1.54, 1.807) is 24.8 Å². The first-order chi connectivity index (χ1) is 12.8. The van der Waals surface area contributed by atoms with Crippen LogP contribution in [-0.2, 0) is 6.54 Å². The average Bonchev–Trinajstić information content (AvgIpc) is 3.40. The van der Waals surface area contributed by atoms with Gasteiger partial charge in [0.05, 0.1) is 0 Å². The van der Waals surface area contributed by atoms with Crippen LogP contribution < -0.4 is 10.2 Å². The van der Waals surface area contributed by atoms with Crippen LogP contribution in [-0.4, -0.2) is 43.7 Å². The molecule has 1 aliphatic heterocycles. The second-order valence-electron chi connectivity index (χ2n) is 6.11. The van der Waals surface area contributed by atoms with E-state index in [1.807, 2.05) is 29.0 Å². The van der Waals surface area contributed by atoms with Gasteiger partial charge in [-0.05, 0) is 31.0 Å². The number of rotatable bonds is 5. The maximum Gasteiger partial charge on any atom is 0.272 e. The highest BCUT2D eigenvalue weighted by molar-refractivity contribution is 5.92. The van der Waals surface area contributed by atoms with Crippen molar-refractivity contribution in [2.24, 2.45) is 0 Å². The van der Waals surface area contributed by atoms with Crippen LogP contribution in [0.15, 0.2) is 49.2 Å². The summed E-state index contributed by atoms with van der Waals surface area (Å²) in [5.41, 5.74) is 1.20. The average molecular weight is 349 g/mol. The van der Waals surface area contributed by atoms with Crippen molar-refractivity contribution < 1.29 is 4.79 Å². The van der Waals surface area contributed by atoms with Crippen molar-refractivity contribution in [3.63, 3.8) is 0 Å². The Balaban J connectivity index is 1.43. The third kappa shape index (κ3) is 3.39. The van der Waals surface area contributed by atoms with Crippen molar-refractivity contribution in [1.82, 2.24) is 30.0 Å². The highest BCUT2D eigenvalue weighted by Crippen LogP contribution is 2.16. The van der Waals surface area contributed by atoms with Gasteiger partial charge in [0.2, 0.25) is 0 Å². The van der Waals surface area contributed by atoms with E-state index in [0.29, 0.717) is 12.2 Å². The maximum atomic E-state index is 12.4. The first-order valence-corrected chi connectivity index (χ1v) is 8.60. The molecule has 0 spiro atoms. The second-order valence-corrected chi connectivity index (χ2v) is 6.11. The van der Waals surface area contributed by atoms with Gasteiger partial charge in [-0.1, -0.05) is 6.07 Å². The van der Waals surface area contributed by atoms with Crippen LogP contribution >= 0.6 is 0 Å². The summed E-state index contributed by atoms with van der Waals surface area (Å²) < 4.78 is 1.81. The van der Waals surface area contributed by atoms with Crippen LogP contribution in [0.3, 0.4) is 0 Å². The van der Waals surface area contributed by atoms with Gasteiger partial charge in [-0.3, -0.25) is 9.36 Å². The van der Waals surface area contributed by atoms with Gasteiger partial charge in [-0.2, -0.15) is 0 Å². The summed E-state index contributed by atoms with van der Waals surface area (Å²) in [5, 5.41) is 11.1. The molecule has 1 amide bonds. The fraction of sp³-hybridized carbons (Fsp3) is 0.278. The lowest BCUT2D eigenvalue weighted by molar-refractivity contribution is 0.0945. The topological polar surface area (TPSA) is 88.8 Å². The fourth-order valence-electron chi connectivity index (χ4n) is 3.01. The summed E-state index contributed by atoms with van der Waals surface area (Å²) >= 11 is 0. The molecule has 0 aromatic carbocycles. The Morgan fingerprint density at radius 2 is 2.00 bits per heavy atom. The first kappa shape index (κ1) is 16.2. The third-order valence-electron chi connectivity index (χ3n) is 4.37. The number of pyridine rings is 1. The molecule has 3 aromatic rings. The van der Waals surface area contributed by atoms with Crippen LogP contribution in [0.1, 0.15) is 28.9 Å². The molecule has 0 unspecified atom stereocenters. The molecule has 4 heterocycles. The van der Waals surface area contributed by atoms with Crippen LogP contribution in [0.25, 0.3) is 5.82 Å². The van der Waals surface area contributed by atoms with Gasteiger partial charge < -0.3 is 10.2 Å². The van der Waals surface area contributed by atoms with Crippen molar-refractivity contribution in [2.75, 3.05) is 18.0 Å². The molecule has 8 nitrogen and oxygen atoms in total. The quantitative estimate of drug-likeness (QED) is 0.752. The molecule has 0 aliphatic carbocycles. The van der Waals surface area contributed by atoms with Gasteiger partial charge in [0.1, 0.15) is 12.1 Å². The van der Waals surface area contributed by atoms with Crippen molar-refractivity contribution in [3.05, 3.63) is 60.4 Å². The lowest BCUT2D eigenvalue weighted by Crippen LogP contribution is -2.26. The van der Waals surface area contributed by atoms with Crippen LogP contribution in [0.5, 0.6) is 0 Å². The lowest BCUT2D eigenvalue weighted by atomic mass is 10.2. The number of carbonyl (C=O) groups excluding carboxylic acids is 1. The fourth-order valence-corrected chi connectivity index (χ4v) is 3.01. The van der Waals surface area contributed by atoms with Crippen LogP contribution in [0.4, 0.5) is 5.82 Å². The molecular weight excluding hydrogens is 330 g/mol. The molecular formula is C18H19N7O. The highest BCUT2D eigenvalue weighted by Gasteiger charge is 2.15. The normalized spacial score (nSPS) is 13.8. The molecule has 3 aromatic heterocycles. The van der Waals surface area contributed by atoms with E-state index in [1.165, 1.54) is 12.8 Å². The molecule has 1 saturated heterocycles. The zero-order chi connectivity index (χ0) is 17.8. The molecule has 0 atom stereocenters. The molecule has 0 radical (unpaired) electrons. The van der Waals surface area contributed by atoms with E-state index < -0.39 is 0 Å². The van der Waals surface area contributed by atoms with E-state index in [4.69, 9.17) is 0 Å². The SMILES string of the molecule is O=C(NCc1cccnc1-n1ccnc1)c1ccc(N2CCCC2)nn1. The molecule has 1 fully saturated rings. The molecule has 1 aliphatic rings. The summed E-state index contributed by atoms with van der Waals surface area (Å²) in [7, 11) is 0. The number of anilines is 1. The predicted octanol–water partition coefficient (Wildman–Crippen LogP) is 1.59. The molecule has 4 rings (SSSR count). The van der Waals surface area contributed by atoms with Gasteiger partial charge in [0.25, 0.3) is 5.91 Å². The van der Waals surface area contributed by atoms with E-state index in [9.17, 15) is 4.79 Å². The Hall–Kier alpha value is -3.29. The predicted molar refractivity (Wildman–Crippen MR) is 96.0 cm³/mol. The zero-order valence-corrected chi connectivity index (χ0v) is 14.2. The van der Waals surface area contributed by atoms with Crippen LogP contribution in [0, 0.1) is 0 Å². The smallest absolute Gasteiger partial charge is 0.272 e. The summed E-state index contributed by atoms with van der Waals surface area (Å²) in [4.78, 5) is 23.0. The van der Waals surface area contributed by atoms with E-state index in [2.05, 4.69) is 30.4 Å². The third-order valence-corrected chi connectivity index (χ3v) is 4.37. The number of aromatic nitrogens is 5. The van der Waals surface area contributed by atoms with Crippen molar-refractivity contribution >= 4 is 11.7 Å². The van der Waals surface area contributed by atoms with Gasteiger partial charge in [0, 0.05) is 43.8 Å². The minimum atomic E-state index is -0.258. The number of nitrogens with one attached hydrogen (secondary N) is 1. The minimum absolute atomic E-state index is 0.258. The molecule has 132 valence electrons.